The second-order valence-electron chi connectivity index (χ2n) is 3.51. The first kappa shape index (κ1) is 13.4. The van der Waals surface area contributed by atoms with Gasteiger partial charge in [0.1, 0.15) is 11.6 Å². The standard InChI is InChI=1S/C11H14F2N2O2/c1-2-8(6-16)14-11(17)15-10-5-7(12)3-4-9(10)13/h3-5,8,16H,2,6H2,1H3,(H2,14,15,17). The molecule has 17 heavy (non-hydrogen) atoms. The topological polar surface area (TPSA) is 61.4 Å². The van der Waals surface area contributed by atoms with E-state index in [1.54, 1.807) is 6.92 Å². The Balaban J connectivity index is 2.64. The second kappa shape index (κ2) is 6.15. The van der Waals surface area contributed by atoms with Crippen molar-refractivity contribution in [2.45, 2.75) is 19.4 Å². The van der Waals surface area contributed by atoms with Gasteiger partial charge in [-0.05, 0) is 18.6 Å². The molecule has 0 saturated carbocycles. The Hall–Kier alpha value is -1.69. The van der Waals surface area contributed by atoms with Crippen LogP contribution in [0.5, 0.6) is 0 Å². The van der Waals surface area contributed by atoms with Crippen molar-refractivity contribution in [3.05, 3.63) is 29.8 Å². The average molecular weight is 244 g/mol. The normalized spacial score (nSPS) is 12.0. The van der Waals surface area contributed by atoms with E-state index in [0.29, 0.717) is 6.42 Å². The SMILES string of the molecule is CCC(CO)NC(=O)Nc1cc(F)ccc1F. The van der Waals surface area contributed by atoms with Crippen molar-refractivity contribution >= 4 is 11.7 Å². The maximum Gasteiger partial charge on any atom is 0.319 e. The van der Waals surface area contributed by atoms with Gasteiger partial charge in [-0.1, -0.05) is 6.92 Å². The number of nitrogens with one attached hydrogen (secondary N) is 2. The number of hydrogen-bond donors (Lipinski definition) is 3. The minimum absolute atomic E-state index is 0.213. The number of hydrogen-bond acceptors (Lipinski definition) is 2. The number of halogens is 2. The fourth-order valence-corrected chi connectivity index (χ4v) is 1.21. The molecule has 0 aliphatic rings. The third-order valence-electron chi connectivity index (χ3n) is 2.23. The molecule has 0 saturated heterocycles. The van der Waals surface area contributed by atoms with Crippen molar-refractivity contribution in [1.82, 2.24) is 5.32 Å². The van der Waals surface area contributed by atoms with Gasteiger partial charge in [0, 0.05) is 6.07 Å². The lowest BCUT2D eigenvalue weighted by atomic mass is 10.2. The maximum absolute atomic E-state index is 13.2. The molecule has 1 aromatic carbocycles. The van der Waals surface area contributed by atoms with Crippen LogP contribution in [-0.4, -0.2) is 23.8 Å². The summed E-state index contributed by atoms with van der Waals surface area (Å²) in [5.74, 6) is -1.37. The molecule has 1 rings (SSSR count). The molecular formula is C11H14F2N2O2. The van der Waals surface area contributed by atoms with Gasteiger partial charge in [0.05, 0.1) is 18.3 Å². The molecule has 2 amide bonds. The zero-order valence-electron chi connectivity index (χ0n) is 9.34. The lowest BCUT2D eigenvalue weighted by Gasteiger charge is -2.14. The molecule has 0 heterocycles. The minimum Gasteiger partial charge on any atom is -0.394 e. The molecule has 94 valence electrons. The van der Waals surface area contributed by atoms with Crippen LogP contribution in [0.2, 0.25) is 0 Å². The Kier molecular flexibility index (Phi) is 4.84. The van der Waals surface area contributed by atoms with E-state index >= 15 is 0 Å². The number of rotatable bonds is 4. The third-order valence-corrected chi connectivity index (χ3v) is 2.23. The number of benzene rings is 1. The zero-order chi connectivity index (χ0) is 12.8. The molecule has 1 aromatic rings. The lowest BCUT2D eigenvalue weighted by Crippen LogP contribution is -2.39. The first-order valence-electron chi connectivity index (χ1n) is 5.20. The molecule has 0 fully saturated rings. The van der Waals surface area contributed by atoms with Crippen molar-refractivity contribution in [3.63, 3.8) is 0 Å². The summed E-state index contributed by atoms with van der Waals surface area (Å²) >= 11 is 0. The summed E-state index contributed by atoms with van der Waals surface area (Å²) in [4.78, 5) is 11.4. The van der Waals surface area contributed by atoms with Gasteiger partial charge in [-0.3, -0.25) is 0 Å². The Morgan fingerprint density at radius 2 is 2.18 bits per heavy atom. The van der Waals surface area contributed by atoms with E-state index in [2.05, 4.69) is 10.6 Å². The first-order valence-corrected chi connectivity index (χ1v) is 5.20. The smallest absolute Gasteiger partial charge is 0.319 e. The van der Waals surface area contributed by atoms with Crippen molar-refractivity contribution in [2.75, 3.05) is 11.9 Å². The van der Waals surface area contributed by atoms with Gasteiger partial charge in [-0.2, -0.15) is 0 Å². The monoisotopic (exact) mass is 244 g/mol. The van der Waals surface area contributed by atoms with E-state index in [1.165, 1.54) is 0 Å². The van der Waals surface area contributed by atoms with Gasteiger partial charge < -0.3 is 15.7 Å². The highest BCUT2D eigenvalue weighted by molar-refractivity contribution is 5.89. The minimum atomic E-state index is -0.724. The van der Waals surface area contributed by atoms with Crippen LogP contribution >= 0.6 is 0 Å². The first-order chi connectivity index (χ1) is 8.06. The van der Waals surface area contributed by atoms with Crippen molar-refractivity contribution in [3.8, 4) is 0 Å². The highest BCUT2D eigenvalue weighted by atomic mass is 19.1. The van der Waals surface area contributed by atoms with Gasteiger partial charge in [-0.25, -0.2) is 13.6 Å². The fourth-order valence-electron chi connectivity index (χ4n) is 1.21. The average Bonchev–Trinajstić information content (AvgIpc) is 2.31. The van der Waals surface area contributed by atoms with Crippen LogP contribution in [0.25, 0.3) is 0 Å². The van der Waals surface area contributed by atoms with Crippen LogP contribution in [-0.2, 0) is 0 Å². The summed E-state index contributed by atoms with van der Waals surface area (Å²) in [6, 6.07) is 1.67. The van der Waals surface area contributed by atoms with E-state index < -0.39 is 23.7 Å². The van der Waals surface area contributed by atoms with E-state index in [9.17, 15) is 13.6 Å². The molecule has 0 spiro atoms. The fraction of sp³-hybridized carbons (Fsp3) is 0.364. The largest absolute Gasteiger partial charge is 0.394 e. The van der Waals surface area contributed by atoms with Crippen LogP contribution < -0.4 is 10.6 Å². The quantitative estimate of drug-likeness (QED) is 0.757. The molecule has 1 atom stereocenters. The Morgan fingerprint density at radius 1 is 1.47 bits per heavy atom. The molecule has 3 N–H and O–H groups in total. The van der Waals surface area contributed by atoms with Gasteiger partial charge >= 0.3 is 6.03 Å². The molecule has 4 nitrogen and oxygen atoms in total. The maximum atomic E-state index is 13.2. The Bertz CT molecular complexity index is 395. The number of urea groups is 1. The predicted octanol–water partition coefficient (Wildman–Crippen LogP) is 1.86. The summed E-state index contributed by atoms with van der Waals surface area (Å²) in [6.07, 6.45) is 0.537. The molecule has 6 heteroatoms. The number of aliphatic hydroxyl groups is 1. The number of anilines is 1. The molecule has 0 bridgehead atoms. The van der Waals surface area contributed by atoms with Crippen LogP contribution in [0.1, 0.15) is 13.3 Å². The highest BCUT2D eigenvalue weighted by Gasteiger charge is 2.11. The highest BCUT2D eigenvalue weighted by Crippen LogP contribution is 2.14. The van der Waals surface area contributed by atoms with Crippen molar-refractivity contribution in [2.24, 2.45) is 0 Å². The Labute approximate surface area is 97.6 Å². The van der Waals surface area contributed by atoms with E-state index in [1.807, 2.05) is 0 Å². The number of amides is 2. The van der Waals surface area contributed by atoms with Gasteiger partial charge in [-0.15, -0.1) is 0 Å². The second-order valence-corrected chi connectivity index (χ2v) is 3.51. The summed E-state index contributed by atoms with van der Waals surface area (Å²) < 4.78 is 26.0. The van der Waals surface area contributed by atoms with Crippen LogP contribution in [0.4, 0.5) is 19.3 Å². The molecular weight excluding hydrogens is 230 g/mol. The van der Waals surface area contributed by atoms with Gasteiger partial charge in [0.2, 0.25) is 0 Å². The van der Waals surface area contributed by atoms with Crippen LogP contribution in [0.15, 0.2) is 18.2 Å². The number of carbonyl (C=O) groups is 1. The molecule has 1 unspecified atom stereocenters. The molecule has 0 aromatic heterocycles. The van der Waals surface area contributed by atoms with E-state index in [4.69, 9.17) is 5.11 Å². The number of carbonyl (C=O) groups excluding carboxylic acids is 1. The third kappa shape index (κ3) is 3.99. The summed E-state index contributed by atoms with van der Waals surface area (Å²) in [5, 5.41) is 13.5. The van der Waals surface area contributed by atoms with Gasteiger partial charge in [0.25, 0.3) is 0 Å². The molecule has 0 radical (unpaired) electrons. The van der Waals surface area contributed by atoms with Crippen LogP contribution in [0.3, 0.4) is 0 Å². The van der Waals surface area contributed by atoms with Gasteiger partial charge in [0.15, 0.2) is 0 Å². The lowest BCUT2D eigenvalue weighted by molar-refractivity contribution is 0.222. The summed E-state index contributed by atoms with van der Waals surface area (Å²) in [7, 11) is 0. The van der Waals surface area contributed by atoms with Crippen molar-refractivity contribution in [1.29, 1.82) is 0 Å². The molecule has 0 aliphatic carbocycles. The van der Waals surface area contributed by atoms with E-state index in [-0.39, 0.29) is 12.3 Å². The zero-order valence-corrected chi connectivity index (χ0v) is 9.34. The Morgan fingerprint density at radius 3 is 2.76 bits per heavy atom. The molecule has 0 aliphatic heterocycles. The van der Waals surface area contributed by atoms with Crippen LogP contribution in [0, 0.1) is 11.6 Å². The van der Waals surface area contributed by atoms with E-state index in [0.717, 1.165) is 18.2 Å². The predicted molar refractivity (Wildman–Crippen MR) is 59.7 cm³/mol. The number of aliphatic hydroxyl groups excluding tert-OH is 1. The van der Waals surface area contributed by atoms with Crippen molar-refractivity contribution < 1.29 is 18.7 Å². The summed E-state index contributed by atoms with van der Waals surface area (Å²) in [6.45, 7) is 1.57. The summed E-state index contributed by atoms with van der Waals surface area (Å²) in [5.41, 5.74) is -0.240.